The summed E-state index contributed by atoms with van der Waals surface area (Å²) in [6.07, 6.45) is 4.98. The molecule has 0 aliphatic carbocycles. The predicted octanol–water partition coefficient (Wildman–Crippen LogP) is 4.01. The van der Waals surface area contributed by atoms with Crippen molar-refractivity contribution in [2.24, 2.45) is 11.1 Å². The SMILES string of the molecule is COc1ccc(CNc2nccn3c([C@@H]4CCCN(C(=O)C5(C)COC5)C4)nc(-c4c(F)cccc4C(N)=O)c23)c(OC)c1. The Hall–Kier alpha value is -4.71. The van der Waals surface area contributed by atoms with Gasteiger partial charge in [-0.15, -0.1) is 0 Å². The van der Waals surface area contributed by atoms with Gasteiger partial charge >= 0.3 is 0 Å². The van der Waals surface area contributed by atoms with Gasteiger partial charge in [-0.1, -0.05) is 6.07 Å². The molecule has 0 radical (unpaired) electrons. The summed E-state index contributed by atoms with van der Waals surface area (Å²) in [5, 5.41) is 3.36. The average molecular weight is 603 g/mol. The molecule has 0 unspecified atom stereocenters. The Morgan fingerprint density at radius 2 is 2.02 bits per heavy atom. The van der Waals surface area contributed by atoms with Crippen molar-refractivity contribution < 1.29 is 28.2 Å². The summed E-state index contributed by atoms with van der Waals surface area (Å²) < 4.78 is 33.7. The van der Waals surface area contributed by atoms with E-state index in [1.165, 1.54) is 18.2 Å². The van der Waals surface area contributed by atoms with Crippen LogP contribution in [-0.4, -0.2) is 71.6 Å². The number of likely N-dealkylation sites (tertiary alicyclic amines) is 1. The van der Waals surface area contributed by atoms with Gasteiger partial charge in [0.2, 0.25) is 11.8 Å². The largest absolute Gasteiger partial charge is 0.497 e. The molecule has 2 saturated heterocycles. The summed E-state index contributed by atoms with van der Waals surface area (Å²) in [5.74, 6) is 0.893. The van der Waals surface area contributed by atoms with Crippen LogP contribution in [0, 0.1) is 11.2 Å². The van der Waals surface area contributed by atoms with Crippen LogP contribution in [0.25, 0.3) is 16.8 Å². The number of hydrogen-bond donors (Lipinski definition) is 2. The summed E-state index contributed by atoms with van der Waals surface area (Å²) in [6, 6.07) is 9.72. The van der Waals surface area contributed by atoms with Crippen molar-refractivity contribution in [2.75, 3.05) is 45.8 Å². The van der Waals surface area contributed by atoms with Crippen molar-refractivity contribution in [3.63, 3.8) is 0 Å². The number of benzene rings is 2. The molecule has 2 aromatic heterocycles. The van der Waals surface area contributed by atoms with E-state index in [9.17, 15) is 9.59 Å². The zero-order valence-corrected chi connectivity index (χ0v) is 24.9. The molecule has 2 amide bonds. The number of aromatic nitrogens is 3. The lowest BCUT2D eigenvalue weighted by molar-refractivity contribution is -0.169. The molecule has 44 heavy (non-hydrogen) atoms. The van der Waals surface area contributed by atoms with Crippen LogP contribution in [-0.2, 0) is 16.1 Å². The van der Waals surface area contributed by atoms with Crippen molar-refractivity contribution in [3.05, 3.63) is 71.6 Å². The molecule has 0 saturated carbocycles. The van der Waals surface area contributed by atoms with Crippen LogP contribution in [0.1, 0.15) is 47.4 Å². The first kappa shape index (κ1) is 29.4. The molecule has 4 heterocycles. The van der Waals surface area contributed by atoms with Crippen LogP contribution >= 0.6 is 0 Å². The van der Waals surface area contributed by atoms with E-state index in [4.69, 9.17) is 24.9 Å². The van der Waals surface area contributed by atoms with Crippen LogP contribution < -0.4 is 20.5 Å². The highest BCUT2D eigenvalue weighted by molar-refractivity contribution is 6.02. The molecule has 11 nitrogen and oxygen atoms in total. The number of carbonyl (C=O) groups excluding carboxylic acids is 2. The quantitative estimate of drug-likeness (QED) is 0.294. The molecule has 1 atom stereocenters. The van der Waals surface area contributed by atoms with E-state index in [1.807, 2.05) is 28.4 Å². The first-order chi connectivity index (χ1) is 21.2. The maximum Gasteiger partial charge on any atom is 0.249 e. The lowest BCUT2D eigenvalue weighted by Crippen LogP contribution is -2.55. The minimum Gasteiger partial charge on any atom is -0.497 e. The minimum absolute atomic E-state index is 0.00435. The lowest BCUT2D eigenvalue weighted by atomic mass is 9.85. The van der Waals surface area contributed by atoms with Gasteiger partial charge in [-0.2, -0.15) is 0 Å². The van der Waals surface area contributed by atoms with Gasteiger partial charge in [0.25, 0.3) is 0 Å². The molecule has 2 aliphatic rings. The zero-order valence-electron chi connectivity index (χ0n) is 24.9. The number of nitrogens with two attached hydrogens (primary N) is 1. The Bertz CT molecular complexity index is 1740. The highest BCUT2D eigenvalue weighted by Gasteiger charge is 2.45. The summed E-state index contributed by atoms with van der Waals surface area (Å²) in [7, 11) is 3.17. The van der Waals surface area contributed by atoms with Gasteiger partial charge in [-0.05, 0) is 44.0 Å². The number of halogens is 1. The van der Waals surface area contributed by atoms with Crippen LogP contribution in [0.4, 0.5) is 10.2 Å². The summed E-state index contributed by atoms with van der Waals surface area (Å²) in [6.45, 7) is 4.18. The highest BCUT2D eigenvalue weighted by Crippen LogP contribution is 2.38. The first-order valence-electron chi connectivity index (χ1n) is 14.5. The van der Waals surface area contributed by atoms with E-state index in [0.29, 0.717) is 61.5 Å². The molecule has 3 N–H and O–H groups in total. The van der Waals surface area contributed by atoms with E-state index in [1.54, 1.807) is 32.7 Å². The number of hydrogen-bond acceptors (Lipinski definition) is 8. The number of fused-ring (bicyclic) bond motifs is 1. The minimum atomic E-state index is -0.769. The van der Waals surface area contributed by atoms with E-state index in [2.05, 4.69) is 10.3 Å². The summed E-state index contributed by atoms with van der Waals surface area (Å²) in [5.41, 5.74) is 6.78. The van der Waals surface area contributed by atoms with Gasteiger partial charge in [0.05, 0.1) is 44.0 Å². The van der Waals surface area contributed by atoms with Gasteiger partial charge in [-0.25, -0.2) is 14.4 Å². The molecular formula is C32H35FN6O5. The van der Waals surface area contributed by atoms with Gasteiger partial charge in [0, 0.05) is 49.6 Å². The van der Waals surface area contributed by atoms with Crippen LogP contribution in [0.5, 0.6) is 11.5 Å². The summed E-state index contributed by atoms with van der Waals surface area (Å²) in [4.78, 5) is 37.3. The Kier molecular flexibility index (Phi) is 7.85. The molecule has 2 aliphatic heterocycles. The number of amides is 2. The van der Waals surface area contributed by atoms with Gasteiger partial charge in [-0.3, -0.25) is 14.0 Å². The number of ether oxygens (including phenoxy) is 3. The van der Waals surface area contributed by atoms with Gasteiger partial charge in [0.15, 0.2) is 5.82 Å². The van der Waals surface area contributed by atoms with Crippen molar-refractivity contribution in [3.8, 4) is 22.8 Å². The molecule has 0 spiro atoms. The van der Waals surface area contributed by atoms with Crippen LogP contribution in [0.15, 0.2) is 48.8 Å². The molecule has 4 aromatic rings. The number of rotatable bonds is 9. The summed E-state index contributed by atoms with van der Waals surface area (Å²) >= 11 is 0. The molecular weight excluding hydrogens is 567 g/mol. The number of primary amides is 1. The molecule has 2 aromatic carbocycles. The van der Waals surface area contributed by atoms with Crippen molar-refractivity contribution >= 4 is 23.1 Å². The van der Waals surface area contributed by atoms with E-state index >= 15 is 4.39 Å². The fourth-order valence-electron chi connectivity index (χ4n) is 6.09. The van der Waals surface area contributed by atoms with Crippen molar-refractivity contribution in [1.82, 2.24) is 19.3 Å². The maximum atomic E-state index is 15.6. The highest BCUT2D eigenvalue weighted by atomic mass is 19.1. The number of imidazole rings is 1. The van der Waals surface area contributed by atoms with E-state index in [0.717, 1.165) is 18.4 Å². The first-order valence-corrected chi connectivity index (χ1v) is 14.5. The number of anilines is 1. The molecule has 0 bridgehead atoms. The van der Waals surface area contributed by atoms with Gasteiger partial charge < -0.3 is 30.2 Å². The second-order valence-electron chi connectivity index (χ2n) is 11.5. The zero-order chi connectivity index (χ0) is 31.0. The van der Waals surface area contributed by atoms with Crippen LogP contribution in [0.2, 0.25) is 0 Å². The molecule has 230 valence electrons. The molecule has 2 fully saturated rings. The Morgan fingerprint density at radius 3 is 2.73 bits per heavy atom. The second kappa shape index (κ2) is 11.8. The lowest BCUT2D eigenvalue weighted by Gasteiger charge is -2.42. The smallest absolute Gasteiger partial charge is 0.249 e. The third-order valence-electron chi connectivity index (χ3n) is 8.47. The fourth-order valence-corrected chi connectivity index (χ4v) is 6.09. The molecule has 6 rings (SSSR count). The van der Waals surface area contributed by atoms with E-state index < -0.39 is 17.1 Å². The number of methoxy groups -OCH3 is 2. The van der Waals surface area contributed by atoms with E-state index in [-0.39, 0.29) is 28.6 Å². The maximum absolute atomic E-state index is 15.6. The Balaban J connectivity index is 1.45. The normalized spacial score (nSPS) is 17.6. The average Bonchev–Trinajstić information content (AvgIpc) is 3.42. The number of carbonyl (C=O) groups is 2. The topological polar surface area (TPSA) is 133 Å². The number of nitrogens with zero attached hydrogens (tertiary/aromatic N) is 4. The third-order valence-corrected chi connectivity index (χ3v) is 8.47. The number of nitrogens with one attached hydrogen (secondary N) is 1. The predicted molar refractivity (Wildman–Crippen MR) is 161 cm³/mol. The number of piperidine rings is 1. The second-order valence-corrected chi connectivity index (χ2v) is 11.5. The Morgan fingerprint density at radius 1 is 1.20 bits per heavy atom. The monoisotopic (exact) mass is 602 g/mol. The molecule has 12 heteroatoms. The standard InChI is InChI=1S/C32H35FN6O5/c1-32(17-44-18-32)31(41)38-12-5-6-20(16-38)30-37-26(25-22(28(34)40)7-4-8-23(25)33)27-29(35-11-13-39(27)30)36-15-19-9-10-21(42-2)14-24(19)43-3/h4,7-11,13-14,20H,5-6,12,15-18H2,1-3H3,(H2,34,40)(H,35,36)/t20-/m1/s1. The van der Waals surface area contributed by atoms with Crippen LogP contribution in [0.3, 0.4) is 0 Å². The third kappa shape index (κ3) is 5.19. The van der Waals surface area contributed by atoms with Gasteiger partial charge in [0.1, 0.15) is 34.4 Å². The fraction of sp³-hybridized carbons (Fsp3) is 0.375. The van der Waals surface area contributed by atoms with Crippen molar-refractivity contribution in [1.29, 1.82) is 0 Å². The van der Waals surface area contributed by atoms with Crippen molar-refractivity contribution in [2.45, 2.75) is 32.2 Å². The Labute approximate surface area is 254 Å².